The molecule has 0 saturated heterocycles. The maximum atomic E-state index is 12.1. The number of rotatable bonds is 4. The average Bonchev–Trinajstić information content (AvgIpc) is 2.16. The molecule has 1 aliphatic carbocycles. The summed E-state index contributed by atoms with van der Waals surface area (Å²) >= 11 is 5.33. The predicted molar refractivity (Wildman–Crippen MR) is 57.6 cm³/mol. The summed E-state index contributed by atoms with van der Waals surface area (Å²) in [6.45, 7) is -3.02. The molecule has 1 fully saturated rings. The highest BCUT2D eigenvalue weighted by molar-refractivity contribution is 6.68. The van der Waals surface area contributed by atoms with Crippen LogP contribution in [0.5, 0.6) is 5.88 Å². The largest absolute Gasteiger partial charge is 0.416 e. The van der Waals surface area contributed by atoms with Crippen molar-refractivity contribution in [3.63, 3.8) is 0 Å². The molecule has 1 saturated carbocycles. The van der Waals surface area contributed by atoms with Gasteiger partial charge in [-0.25, -0.2) is 4.98 Å². The minimum atomic E-state index is -3.02. The number of ether oxygens (including phenoxy) is 1. The molecule has 1 aliphatic rings. The molecule has 6 heteroatoms. The molecule has 0 radical (unpaired) electrons. The van der Waals surface area contributed by atoms with Gasteiger partial charge >= 0.3 is 6.61 Å². The number of nitrogens with zero attached hydrogens (tertiary/aromatic N) is 1. The number of hydrogen-bond acceptors (Lipinski definition) is 3. The van der Waals surface area contributed by atoms with Crippen LogP contribution in [0, 0.1) is 0 Å². The SMILES string of the molecule is O=C(Cl)c1cc(C2CCC2)cnc1OC(F)F. The summed E-state index contributed by atoms with van der Waals surface area (Å²) in [5, 5.41) is -0.839. The van der Waals surface area contributed by atoms with Gasteiger partial charge in [-0.1, -0.05) is 6.42 Å². The number of pyridine rings is 1. The summed E-state index contributed by atoms with van der Waals surface area (Å²) in [5.74, 6) is -0.0686. The fraction of sp³-hybridized carbons (Fsp3) is 0.455. The maximum absolute atomic E-state index is 12.1. The van der Waals surface area contributed by atoms with Gasteiger partial charge in [-0.2, -0.15) is 8.78 Å². The summed E-state index contributed by atoms with van der Waals surface area (Å²) in [4.78, 5) is 14.9. The first-order valence-corrected chi connectivity index (χ1v) is 5.60. The van der Waals surface area contributed by atoms with E-state index in [0.29, 0.717) is 5.92 Å². The zero-order chi connectivity index (χ0) is 12.4. The fourth-order valence-electron chi connectivity index (χ4n) is 1.75. The molecule has 92 valence electrons. The van der Waals surface area contributed by atoms with Crippen molar-refractivity contribution in [3.05, 3.63) is 23.4 Å². The predicted octanol–water partition coefficient (Wildman–Crippen LogP) is 3.33. The molecule has 0 amide bonds. The molecule has 0 unspecified atom stereocenters. The Labute approximate surface area is 102 Å². The summed E-state index contributed by atoms with van der Waals surface area (Å²) in [5.41, 5.74) is 0.748. The Morgan fingerprint density at radius 2 is 2.24 bits per heavy atom. The molecule has 3 nitrogen and oxygen atoms in total. The van der Waals surface area contributed by atoms with Crippen LogP contribution in [-0.2, 0) is 0 Å². The monoisotopic (exact) mass is 261 g/mol. The summed E-state index contributed by atoms with van der Waals surface area (Å²) in [6.07, 6.45) is 4.63. The number of carbonyl (C=O) groups excluding carboxylic acids is 1. The number of alkyl halides is 2. The zero-order valence-corrected chi connectivity index (χ0v) is 9.58. The third kappa shape index (κ3) is 2.72. The molecule has 0 aliphatic heterocycles. The van der Waals surface area contributed by atoms with Crippen molar-refractivity contribution in [1.29, 1.82) is 0 Å². The second-order valence-corrected chi connectivity index (χ2v) is 4.24. The molecule has 2 rings (SSSR count). The molecule has 0 atom stereocenters. The van der Waals surface area contributed by atoms with E-state index in [1.165, 1.54) is 12.3 Å². The Morgan fingerprint density at radius 3 is 2.71 bits per heavy atom. The van der Waals surface area contributed by atoms with E-state index in [9.17, 15) is 13.6 Å². The lowest BCUT2D eigenvalue weighted by Crippen LogP contribution is -2.12. The Kier molecular flexibility index (Phi) is 3.57. The van der Waals surface area contributed by atoms with E-state index in [-0.39, 0.29) is 5.56 Å². The highest BCUT2D eigenvalue weighted by atomic mass is 35.5. The Morgan fingerprint density at radius 1 is 1.53 bits per heavy atom. The highest BCUT2D eigenvalue weighted by Gasteiger charge is 2.23. The van der Waals surface area contributed by atoms with Crippen molar-refractivity contribution in [3.8, 4) is 5.88 Å². The number of aromatic nitrogens is 1. The molecule has 1 aromatic heterocycles. The van der Waals surface area contributed by atoms with Crippen molar-refractivity contribution >= 4 is 16.8 Å². The van der Waals surface area contributed by atoms with Gasteiger partial charge in [0.1, 0.15) is 0 Å². The van der Waals surface area contributed by atoms with E-state index >= 15 is 0 Å². The minimum Gasteiger partial charge on any atom is -0.416 e. The molecule has 0 spiro atoms. The second-order valence-electron chi connectivity index (χ2n) is 3.90. The topological polar surface area (TPSA) is 39.2 Å². The van der Waals surface area contributed by atoms with E-state index in [4.69, 9.17) is 11.6 Å². The molecular formula is C11H10ClF2NO2. The van der Waals surface area contributed by atoms with Gasteiger partial charge in [0.2, 0.25) is 5.88 Å². The third-order valence-electron chi connectivity index (χ3n) is 2.86. The van der Waals surface area contributed by atoms with E-state index < -0.39 is 17.7 Å². The van der Waals surface area contributed by atoms with E-state index in [1.807, 2.05) is 0 Å². The van der Waals surface area contributed by atoms with Gasteiger partial charge in [0.25, 0.3) is 5.24 Å². The van der Waals surface area contributed by atoms with Gasteiger partial charge in [-0.3, -0.25) is 4.79 Å². The van der Waals surface area contributed by atoms with Gasteiger partial charge in [0.15, 0.2) is 0 Å². The van der Waals surface area contributed by atoms with Crippen LogP contribution in [0.15, 0.2) is 12.3 Å². The smallest absolute Gasteiger partial charge is 0.388 e. The molecular weight excluding hydrogens is 252 g/mol. The Bertz CT molecular complexity index is 435. The normalized spacial score (nSPS) is 15.8. The van der Waals surface area contributed by atoms with Gasteiger partial charge in [0.05, 0.1) is 5.56 Å². The van der Waals surface area contributed by atoms with Crippen LogP contribution < -0.4 is 4.74 Å². The molecule has 0 aromatic carbocycles. The van der Waals surface area contributed by atoms with Crippen molar-refractivity contribution in [2.24, 2.45) is 0 Å². The van der Waals surface area contributed by atoms with Gasteiger partial charge < -0.3 is 4.74 Å². The lowest BCUT2D eigenvalue weighted by atomic mass is 9.80. The second kappa shape index (κ2) is 4.96. The van der Waals surface area contributed by atoms with E-state index in [1.54, 1.807) is 0 Å². The van der Waals surface area contributed by atoms with Gasteiger partial charge in [-0.15, -0.1) is 0 Å². The quantitative estimate of drug-likeness (QED) is 0.781. The molecule has 0 N–H and O–H groups in total. The van der Waals surface area contributed by atoms with Gasteiger partial charge in [0, 0.05) is 6.20 Å². The van der Waals surface area contributed by atoms with Crippen LogP contribution >= 0.6 is 11.6 Å². The van der Waals surface area contributed by atoms with Crippen LogP contribution in [-0.4, -0.2) is 16.8 Å². The summed E-state index contributed by atoms with van der Waals surface area (Å²) < 4.78 is 28.3. The van der Waals surface area contributed by atoms with Crippen molar-refractivity contribution in [1.82, 2.24) is 4.98 Å². The van der Waals surface area contributed by atoms with Crippen molar-refractivity contribution < 1.29 is 18.3 Å². The number of carbonyl (C=O) groups is 1. The third-order valence-corrected chi connectivity index (χ3v) is 3.06. The van der Waals surface area contributed by atoms with Crippen LogP contribution in [0.3, 0.4) is 0 Å². The average molecular weight is 262 g/mol. The first-order valence-electron chi connectivity index (χ1n) is 5.22. The first kappa shape index (κ1) is 12.2. The lowest BCUT2D eigenvalue weighted by Gasteiger charge is -2.25. The van der Waals surface area contributed by atoms with Gasteiger partial charge in [-0.05, 0) is 42.0 Å². The maximum Gasteiger partial charge on any atom is 0.388 e. The Hall–Kier alpha value is -1.23. The van der Waals surface area contributed by atoms with Crippen molar-refractivity contribution in [2.75, 3.05) is 0 Å². The van der Waals surface area contributed by atoms with Crippen LogP contribution in [0.2, 0.25) is 0 Å². The van der Waals surface area contributed by atoms with Crippen LogP contribution in [0.4, 0.5) is 8.78 Å². The molecule has 17 heavy (non-hydrogen) atoms. The molecule has 1 heterocycles. The van der Waals surface area contributed by atoms with E-state index in [2.05, 4.69) is 9.72 Å². The number of hydrogen-bond donors (Lipinski definition) is 0. The zero-order valence-electron chi connectivity index (χ0n) is 8.83. The fourth-order valence-corrected chi connectivity index (χ4v) is 1.89. The molecule has 1 aromatic rings. The van der Waals surface area contributed by atoms with E-state index in [0.717, 1.165) is 24.8 Å². The first-order chi connectivity index (χ1) is 8.08. The van der Waals surface area contributed by atoms with Crippen LogP contribution in [0.1, 0.15) is 41.1 Å². The Balaban J connectivity index is 2.30. The lowest BCUT2D eigenvalue weighted by molar-refractivity contribution is -0.0531. The standard InChI is InChI=1S/C11H10ClF2NO2/c12-9(16)8-4-7(6-2-1-3-6)5-15-10(8)17-11(13)14/h4-6,11H,1-3H2. The summed E-state index contributed by atoms with van der Waals surface area (Å²) in [7, 11) is 0. The summed E-state index contributed by atoms with van der Waals surface area (Å²) in [6, 6.07) is 1.49. The minimum absolute atomic E-state index is 0.101. The number of halogens is 3. The highest BCUT2D eigenvalue weighted by Crippen LogP contribution is 2.37. The molecule has 0 bridgehead atoms. The van der Waals surface area contributed by atoms with Crippen molar-refractivity contribution in [2.45, 2.75) is 31.8 Å². The van der Waals surface area contributed by atoms with Crippen LogP contribution in [0.25, 0.3) is 0 Å².